The molecule has 1 aliphatic rings. The van der Waals surface area contributed by atoms with Gasteiger partial charge >= 0.3 is 0 Å². The van der Waals surface area contributed by atoms with Gasteiger partial charge in [-0.1, -0.05) is 36.4 Å². The highest BCUT2D eigenvalue weighted by Gasteiger charge is 2.19. The lowest BCUT2D eigenvalue weighted by Gasteiger charge is -2.17. The van der Waals surface area contributed by atoms with Gasteiger partial charge in [0.2, 0.25) is 5.91 Å². The zero-order valence-electron chi connectivity index (χ0n) is 8.65. The number of benzene rings is 1. The van der Waals surface area contributed by atoms with Gasteiger partial charge in [-0.05, 0) is 31.0 Å². The molecule has 1 N–H and O–H groups in total. The van der Waals surface area contributed by atoms with Crippen LogP contribution < -0.4 is 5.32 Å². The van der Waals surface area contributed by atoms with Crippen molar-refractivity contribution in [1.29, 1.82) is 0 Å². The second-order valence-electron chi connectivity index (χ2n) is 3.81. The molecule has 0 spiro atoms. The van der Waals surface area contributed by atoms with E-state index in [0.29, 0.717) is 0 Å². The first-order valence-electron chi connectivity index (χ1n) is 5.38. The number of hydrogen-bond acceptors (Lipinski definition) is 1. The lowest BCUT2D eigenvalue weighted by atomic mass is 9.92. The van der Waals surface area contributed by atoms with E-state index in [1.165, 1.54) is 0 Å². The quantitative estimate of drug-likeness (QED) is 0.743. The van der Waals surface area contributed by atoms with Crippen LogP contribution in [0.3, 0.4) is 0 Å². The third kappa shape index (κ3) is 2.46. The number of carbonyl (C=O) groups excluding carboxylic acids is 1. The molecular weight excluding hydrogens is 186 g/mol. The smallest absolute Gasteiger partial charge is 0.231 e. The van der Waals surface area contributed by atoms with Crippen LogP contribution in [0.4, 0.5) is 0 Å². The van der Waals surface area contributed by atoms with E-state index < -0.39 is 0 Å². The van der Waals surface area contributed by atoms with Crippen LogP contribution in [0.25, 0.3) is 0 Å². The zero-order valence-corrected chi connectivity index (χ0v) is 8.65. The summed E-state index contributed by atoms with van der Waals surface area (Å²) in [5.41, 5.74) is 1.12. The predicted molar refractivity (Wildman–Crippen MR) is 60.3 cm³/mol. The Morgan fingerprint density at radius 3 is 2.80 bits per heavy atom. The van der Waals surface area contributed by atoms with E-state index in [-0.39, 0.29) is 11.8 Å². The van der Waals surface area contributed by atoms with Crippen LogP contribution in [0.5, 0.6) is 0 Å². The number of allylic oxidation sites excluding steroid dienone is 1. The van der Waals surface area contributed by atoms with Gasteiger partial charge < -0.3 is 5.32 Å². The van der Waals surface area contributed by atoms with Crippen LogP contribution in [0.2, 0.25) is 0 Å². The van der Waals surface area contributed by atoms with Gasteiger partial charge in [0.25, 0.3) is 0 Å². The minimum atomic E-state index is 0.0103. The molecule has 0 radical (unpaired) electrons. The predicted octanol–water partition coefficient (Wildman–Crippen LogP) is 2.58. The Kier molecular flexibility index (Phi) is 3.18. The fourth-order valence-electron chi connectivity index (χ4n) is 1.90. The molecule has 0 bridgehead atoms. The van der Waals surface area contributed by atoms with Crippen LogP contribution in [-0.4, -0.2) is 5.91 Å². The number of hydrogen-bond donors (Lipinski definition) is 1. The van der Waals surface area contributed by atoms with Crippen molar-refractivity contribution in [2.45, 2.75) is 25.2 Å². The van der Waals surface area contributed by atoms with Gasteiger partial charge in [0.1, 0.15) is 0 Å². The topological polar surface area (TPSA) is 29.1 Å². The molecule has 1 aromatic carbocycles. The average molecular weight is 201 g/mol. The van der Waals surface area contributed by atoms with Gasteiger partial charge in [-0.3, -0.25) is 4.79 Å². The second kappa shape index (κ2) is 4.78. The van der Waals surface area contributed by atoms with Gasteiger partial charge in [0.15, 0.2) is 0 Å². The molecule has 78 valence electrons. The standard InChI is InChI=1S/C13H15NO/c15-13-12(9-5-2-6-10-14-13)11-7-3-1-4-8-11/h1,3-4,6-8,10,12H,2,5,9H2,(H,14,15). The van der Waals surface area contributed by atoms with E-state index in [4.69, 9.17) is 0 Å². The Labute approximate surface area is 90.0 Å². The molecule has 1 heterocycles. The monoisotopic (exact) mass is 201 g/mol. The lowest BCUT2D eigenvalue weighted by molar-refractivity contribution is -0.121. The molecule has 1 aliphatic heterocycles. The molecule has 1 atom stereocenters. The summed E-state index contributed by atoms with van der Waals surface area (Å²) in [7, 11) is 0. The Hall–Kier alpha value is -1.57. The highest BCUT2D eigenvalue weighted by molar-refractivity contribution is 5.84. The Balaban J connectivity index is 2.19. The van der Waals surface area contributed by atoms with E-state index in [0.717, 1.165) is 24.8 Å². The van der Waals surface area contributed by atoms with Crippen LogP contribution in [0.15, 0.2) is 42.6 Å². The molecule has 2 heteroatoms. The maximum atomic E-state index is 11.8. The summed E-state index contributed by atoms with van der Waals surface area (Å²) in [5, 5.41) is 2.81. The number of amides is 1. The van der Waals surface area contributed by atoms with E-state index in [2.05, 4.69) is 5.32 Å². The second-order valence-corrected chi connectivity index (χ2v) is 3.81. The highest BCUT2D eigenvalue weighted by Crippen LogP contribution is 2.23. The van der Waals surface area contributed by atoms with Crippen molar-refractivity contribution in [2.75, 3.05) is 0 Å². The summed E-state index contributed by atoms with van der Waals surface area (Å²) >= 11 is 0. The van der Waals surface area contributed by atoms with E-state index in [1.807, 2.05) is 36.4 Å². The molecule has 2 rings (SSSR count). The van der Waals surface area contributed by atoms with Crippen molar-refractivity contribution in [3.63, 3.8) is 0 Å². The number of nitrogens with one attached hydrogen (secondary N) is 1. The molecule has 2 nitrogen and oxygen atoms in total. The summed E-state index contributed by atoms with van der Waals surface area (Å²) in [6.45, 7) is 0. The van der Waals surface area contributed by atoms with Crippen LogP contribution in [0, 0.1) is 0 Å². The molecule has 0 aromatic heterocycles. The van der Waals surface area contributed by atoms with Crippen molar-refractivity contribution < 1.29 is 4.79 Å². The normalized spacial score (nSPS) is 21.6. The van der Waals surface area contributed by atoms with E-state index >= 15 is 0 Å². The van der Waals surface area contributed by atoms with Gasteiger partial charge in [-0.15, -0.1) is 0 Å². The fourth-order valence-corrected chi connectivity index (χ4v) is 1.90. The largest absolute Gasteiger partial charge is 0.332 e. The highest BCUT2D eigenvalue weighted by atomic mass is 16.1. The van der Waals surface area contributed by atoms with Gasteiger partial charge in [0, 0.05) is 0 Å². The van der Waals surface area contributed by atoms with Gasteiger partial charge in [0.05, 0.1) is 5.92 Å². The van der Waals surface area contributed by atoms with E-state index in [9.17, 15) is 4.79 Å². The first kappa shape index (κ1) is 9.97. The van der Waals surface area contributed by atoms with Crippen molar-refractivity contribution in [3.05, 3.63) is 48.2 Å². The molecule has 15 heavy (non-hydrogen) atoms. The molecule has 0 saturated carbocycles. The van der Waals surface area contributed by atoms with Gasteiger partial charge in [-0.25, -0.2) is 0 Å². The molecular formula is C13H15NO. The van der Waals surface area contributed by atoms with Crippen LogP contribution >= 0.6 is 0 Å². The van der Waals surface area contributed by atoms with E-state index in [1.54, 1.807) is 6.20 Å². The summed E-state index contributed by atoms with van der Waals surface area (Å²) in [4.78, 5) is 11.8. The van der Waals surface area contributed by atoms with Crippen LogP contribution in [0.1, 0.15) is 30.7 Å². The minimum absolute atomic E-state index is 0.0103. The van der Waals surface area contributed by atoms with Crippen molar-refractivity contribution >= 4 is 5.91 Å². The Morgan fingerprint density at radius 1 is 1.20 bits per heavy atom. The summed E-state index contributed by atoms with van der Waals surface area (Å²) < 4.78 is 0. The first-order chi connectivity index (χ1) is 7.38. The average Bonchev–Trinajstić information content (AvgIpc) is 2.25. The van der Waals surface area contributed by atoms with Gasteiger partial charge in [-0.2, -0.15) is 0 Å². The van der Waals surface area contributed by atoms with Crippen LogP contribution in [-0.2, 0) is 4.79 Å². The molecule has 0 fully saturated rings. The third-order valence-corrected chi connectivity index (χ3v) is 2.73. The molecule has 1 amide bonds. The minimum Gasteiger partial charge on any atom is -0.332 e. The molecule has 0 aliphatic carbocycles. The fraction of sp³-hybridized carbons (Fsp3) is 0.308. The summed E-state index contributed by atoms with van der Waals surface area (Å²) in [6.07, 6.45) is 6.82. The summed E-state index contributed by atoms with van der Waals surface area (Å²) in [5.74, 6) is 0.119. The van der Waals surface area contributed by atoms with Crippen molar-refractivity contribution in [1.82, 2.24) is 5.32 Å². The lowest BCUT2D eigenvalue weighted by Crippen LogP contribution is -2.26. The Morgan fingerprint density at radius 2 is 2.00 bits per heavy atom. The maximum Gasteiger partial charge on any atom is 0.231 e. The molecule has 1 aromatic rings. The zero-order chi connectivity index (χ0) is 10.5. The van der Waals surface area contributed by atoms with Crippen molar-refractivity contribution in [3.8, 4) is 0 Å². The van der Waals surface area contributed by atoms with Crippen molar-refractivity contribution in [2.24, 2.45) is 0 Å². The maximum absolute atomic E-state index is 11.8. The number of rotatable bonds is 1. The Bertz CT molecular complexity index is 356. The third-order valence-electron chi connectivity index (χ3n) is 2.73. The first-order valence-corrected chi connectivity index (χ1v) is 5.38. The number of carbonyl (C=O) groups is 1. The SMILES string of the molecule is O=C1NC=CCCCC1c1ccccc1. The summed E-state index contributed by atoms with van der Waals surface area (Å²) in [6, 6.07) is 9.99. The molecule has 1 unspecified atom stereocenters. The molecule has 0 saturated heterocycles.